The zero-order chi connectivity index (χ0) is 23.1. The molecule has 4 N–H and O–H groups in total. The van der Waals surface area contributed by atoms with Crippen LogP contribution in [0, 0.1) is 0 Å². The first kappa shape index (κ1) is 23.5. The molecule has 3 aromatic rings. The Labute approximate surface area is 192 Å². The van der Waals surface area contributed by atoms with E-state index in [0.717, 1.165) is 4.90 Å². The van der Waals surface area contributed by atoms with E-state index < -0.39 is 0 Å². The minimum atomic E-state index is -0.185. The number of benzene rings is 2. The van der Waals surface area contributed by atoms with Crippen LogP contribution in [0.5, 0.6) is 23.1 Å². The second kappa shape index (κ2) is 10.4. The summed E-state index contributed by atoms with van der Waals surface area (Å²) >= 11 is 1.36. The number of nitrogens with two attached hydrogens (primary N) is 1. The van der Waals surface area contributed by atoms with Gasteiger partial charge in [0.2, 0.25) is 11.7 Å². The molecular weight excluding hydrogens is 428 g/mol. The van der Waals surface area contributed by atoms with E-state index >= 15 is 0 Å². The molecule has 0 aliphatic carbocycles. The highest BCUT2D eigenvalue weighted by molar-refractivity contribution is 8.00. The van der Waals surface area contributed by atoms with Crippen molar-refractivity contribution in [3.63, 3.8) is 0 Å². The smallest absolute Gasteiger partial charge is 0.265 e. The molecule has 0 fully saturated rings. The van der Waals surface area contributed by atoms with Gasteiger partial charge in [0, 0.05) is 4.90 Å². The van der Waals surface area contributed by atoms with Crippen molar-refractivity contribution < 1.29 is 19.3 Å². The topological polar surface area (TPSA) is 112 Å². The van der Waals surface area contributed by atoms with E-state index in [4.69, 9.17) is 19.9 Å². The first-order chi connectivity index (χ1) is 15.3. The molecule has 2 aromatic carbocycles. The average Bonchev–Trinajstić information content (AvgIpc) is 2.77. The number of aliphatic hydroxyl groups excluding tert-OH is 1. The third kappa shape index (κ3) is 5.95. The summed E-state index contributed by atoms with van der Waals surface area (Å²) in [5, 5.41) is 9.18. The van der Waals surface area contributed by atoms with E-state index in [0.29, 0.717) is 17.3 Å². The second-order valence-corrected chi connectivity index (χ2v) is 8.75. The Morgan fingerprint density at radius 2 is 1.72 bits per heavy atom. The molecule has 0 amide bonds. The number of aromatic nitrogens is 2. The van der Waals surface area contributed by atoms with Gasteiger partial charge in [-0.1, -0.05) is 45.0 Å². The van der Waals surface area contributed by atoms with Crippen LogP contribution in [-0.2, 0) is 5.41 Å². The van der Waals surface area contributed by atoms with E-state index in [1.165, 1.54) is 17.5 Å². The monoisotopic (exact) mass is 456 g/mol. The van der Waals surface area contributed by atoms with E-state index in [2.05, 4.69) is 47.6 Å². The molecule has 0 saturated heterocycles. The number of para-hydroxylation sites is 2. The number of anilines is 2. The molecule has 0 saturated carbocycles. The predicted molar refractivity (Wildman–Crippen MR) is 127 cm³/mol. The van der Waals surface area contributed by atoms with Gasteiger partial charge in [-0.15, -0.1) is 0 Å². The molecule has 0 radical (unpaired) electrons. The summed E-state index contributed by atoms with van der Waals surface area (Å²) in [5.41, 5.74) is 7.21. The van der Waals surface area contributed by atoms with Gasteiger partial charge < -0.3 is 29.8 Å². The SMILES string of the molecule is COc1ccccc1Oc1c(NSc2ccc(C(C)(C)C)cc2)nc(N)nc1OCCO. The van der Waals surface area contributed by atoms with Gasteiger partial charge in [0.05, 0.1) is 13.7 Å². The standard InChI is InChI=1S/C23H28N4O4S/c1-23(2,3)15-9-11-16(12-10-15)32-27-20-19(21(30-14-13-28)26-22(24)25-20)31-18-8-6-5-7-17(18)29-4/h5-12,28H,13-14H2,1-4H3,(H3,24,25,26,27). The molecule has 1 aromatic heterocycles. The van der Waals surface area contributed by atoms with Crippen LogP contribution in [0.2, 0.25) is 0 Å². The van der Waals surface area contributed by atoms with Crippen LogP contribution in [0.15, 0.2) is 53.4 Å². The average molecular weight is 457 g/mol. The van der Waals surface area contributed by atoms with E-state index in [9.17, 15) is 5.11 Å². The van der Waals surface area contributed by atoms with Crippen molar-refractivity contribution in [3.8, 4) is 23.1 Å². The summed E-state index contributed by atoms with van der Waals surface area (Å²) < 4.78 is 20.2. The molecule has 0 unspecified atom stereocenters. The quantitative estimate of drug-likeness (QED) is 0.396. The van der Waals surface area contributed by atoms with Crippen molar-refractivity contribution in [1.29, 1.82) is 0 Å². The van der Waals surface area contributed by atoms with Crippen molar-refractivity contribution in [1.82, 2.24) is 9.97 Å². The largest absolute Gasteiger partial charge is 0.493 e. The maximum atomic E-state index is 9.18. The van der Waals surface area contributed by atoms with Crippen molar-refractivity contribution in [2.45, 2.75) is 31.1 Å². The molecular formula is C23H28N4O4S. The summed E-state index contributed by atoms with van der Waals surface area (Å²) in [6, 6.07) is 15.5. The van der Waals surface area contributed by atoms with Crippen LogP contribution in [0.1, 0.15) is 26.3 Å². The van der Waals surface area contributed by atoms with Gasteiger partial charge >= 0.3 is 0 Å². The van der Waals surface area contributed by atoms with Crippen LogP contribution in [0.4, 0.5) is 11.8 Å². The van der Waals surface area contributed by atoms with Crippen LogP contribution in [0.3, 0.4) is 0 Å². The molecule has 9 heteroatoms. The number of hydrogen-bond donors (Lipinski definition) is 3. The lowest BCUT2D eigenvalue weighted by Crippen LogP contribution is -2.10. The number of ether oxygens (including phenoxy) is 3. The lowest BCUT2D eigenvalue weighted by molar-refractivity contribution is 0.192. The number of aliphatic hydroxyl groups is 1. The maximum Gasteiger partial charge on any atom is 0.265 e. The normalized spacial score (nSPS) is 11.2. The number of rotatable bonds is 9. The summed E-state index contributed by atoms with van der Waals surface area (Å²) in [4.78, 5) is 9.41. The number of hydrogen-bond acceptors (Lipinski definition) is 9. The van der Waals surface area contributed by atoms with Gasteiger partial charge in [-0.05, 0) is 47.2 Å². The van der Waals surface area contributed by atoms with Gasteiger partial charge in [-0.3, -0.25) is 0 Å². The van der Waals surface area contributed by atoms with Crippen LogP contribution in [-0.4, -0.2) is 35.4 Å². The van der Waals surface area contributed by atoms with Crippen molar-refractivity contribution in [2.75, 3.05) is 30.8 Å². The number of nitrogen functional groups attached to an aromatic ring is 1. The molecule has 8 nitrogen and oxygen atoms in total. The van der Waals surface area contributed by atoms with Crippen molar-refractivity contribution in [2.24, 2.45) is 0 Å². The zero-order valence-electron chi connectivity index (χ0n) is 18.6. The van der Waals surface area contributed by atoms with Gasteiger partial charge in [0.15, 0.2) is 17.3 Å². The highest BCUT2D eigenvalue weighted by Crippen LogP contribution is 2.41. The Morgan fingerprint density at radius 3 is 2.34 bits per heavy atom. The summed E-state index contributed by atoms with van der Waals surface area (Å²) in [5.74, 6) is 1.69. The van der Waals surface area contributed by atoms with Gasteiger partial charge in [0.1, 0.15) is 6.61 Å². The summed E-state index contributed by atoms with van der Waals surface area (Å²) in [6.07, 6.45) is 0. The van der Waals surface area contributed by atoms with Crippen LogP contribution >= 0.6 is 11.9 Å². The molecule has 0 aliphatic heterocycles. The lowest BCUT2D eigenvalue weighted by atomic mass is 9.87. The fourth-order valence-electron chi connectivity index (χ4n) is 2.79. The fourth-order valence-corrected chi connectivity index (χ4v) is 3.42. The number of methoxy groups -OCH3 is 1. The van der Waals surface area contributed by atoms with Gasteiger partial charge in [-0.25, -0.2) is 0 Å². The molecule has 170 valence electrons. The minimum absolute atomic E-state index is 0.0106. The number of nitrogens with one attached hydrogen (secondary N) is 1. The molecule has 0 spiro atoms. The Balaban J connectivity index is 1.90. The van der Waals surface area contributed by atoms with E-state index in [-0.39, 0.29) is 36.2 Å². The van der Waals surface area contributed by atoms with E-state index in [1.54, 1.807) is 19.2 Å². The molecule has 0 bridgehead atoms. The first-order valence-corrected chi connectivity index (χ1v) is 10.9. The first-order valence-electron chi connectivity index (χ1n) is 10.1. The third-order valence-corrected chi connectivity index (χ3v) is 5.25. The molecule has 32 heavy (non-hydrogen) atoms. The highest BCUT2D eigenvalue weighted by Gasteiger charge is 2.20. The molecule has 0 atom stereocenters. The maximum absolute atomic E-state index is 9.18. The van der Waals surface area contributed by atoms with Gasteiger partial charge in [0.25, 0.3) is 5.88 Å². The highest BCUT2D eigenvalue weighted by atomic mass is 32.2. The summed E-state index contributed by atoms with van der Waals surface area (Å²) in [6.45, 7) is 6.36. The summed E-state index contributed by atoms with van der Waals surface area (Å²) in [7, 11) is 1.56. The van der Waals surface area contributed by atoms with Crippen molar-refractivity contribution in [3.05, 3.63) is 54.1 Å². The molecule has 3 rings (SSSR count). The zero-order valence-corrected chi connectivity index (χ0v) is 19.4. The van der Waals surface area contributed by atoms with Crippen LogP contribution in [0.25, 0.3) is 0 Å². The second-order valence-electron chi connectivity index (χ2n) is 7.87. The fraction of sp³-hybridized carbons (Fsp3) is 0.304. The lowest BCUT2D eigenvalue weighted by Gasteiger charge is -2.19. The van der Waals surface area contributed by atoms with Gasteiger partial charge in [-0.2, -0.15) is 9.97 Å². The Kier molecular flexibility index (Phi) is 7.66. The minimum Gasteiger partial charge on any atom is -0.493 e. The molecule has 1 heterocycles. The Hall–Kier alpha value is -3.17. The van der Waals surface area contributed by atoms with E-state index in [1.807, 2.05) is 24.3 Å². The number of nitrogens with zero attached hydrogens (tertiary/aromatic N) is 2. The van der Waals surface area contributed by atoms with Crippen molar-refractivity contribution >= 4 is 23.7 Å². The third-order valence-electron chi connectivity index (χ3n) is 4.45. The Morgan fingerprint density at radius 1 is 1.03 bits per heavy atom. The molecule has 0 aliphatic rings. The predicted octanol–water partition coefficient (Wildman–Crippen LogP) is 4.65. The van der Waals surface area contributed by atoms with Crippen LogP contribution < -0.4 is 24.7 Å². The Bertz CT molecular complexity index is 1040.